The summed E-state index contributed by atoms with van der Waals surface area (Å²) in [5, 5.41) is 8.56. The Labute approximate surface area is 103 Å². The van der Waals surface area contributed by atoms with Gasteiger partial charge < -0.3 is 9.84 Å². The summed E-state index contributed by atoms with van der Waals surface area (Å²) in [5.74, 6) is -1.81. The molecule has 0 saturated carbocycles. The second kappa shape index (κ2) is 6.03. The Morgan fingerprint density at radius 3 is 2.06 bits per heavy atom. The summed E-state index contributed by atoms with van der Waals surface area (Å²) in [6.07, 6.45) is 2.15. The summed E-state index contributed by atoms with van der Waals surface area (Å²) in [5.41, 5.74) is -0.828. The SMILES string of the molecule is CCCCC(C)(OC(=O)CC(=O)O)C(C)(C)C. The van der Waals surface area contributed by atoms with Crippen LogP contribution in [0.2, 0.25) is 0 Å². The molecule has 0 rings (SSSR count). The molecule has 17 heavy (non-hydrogen) atoms. The van der Waals surface area contributed by atoms with E-state index in [0.717, 1.165) is 19.3 Å². The summed E-state index contributed by atoms with van der Waals surface area (Å²) in [7, 11) is 0. The molecule has 0 aromatic rings. The first-order valence-electron chi connectivity index (χ1n) is 6.06. The van der Waals surface area contributed by atoms with Crippen molar-refractivity contribution < 1.29 is 19.4 Å². The second-order valence-corrected chi connectivity index (χ2v) is 5.63. The van der Waals surface area contributed by atoms with Crippen LogP contribution in [0.5, 0.6) is 0 Å². The molecule has 0 aromatic heterocycles. The van der Waals surface area contributed by atoms with E-state index in [0.29, 0.717) is 0 Å². The van der Waals surface area contributed by atoms with E-state index >= 15 is 0 Å². The highest BCUT2D eigenvalue weighted by Gasteiger charge is 2.40. The lowest BCUT2D eigenvalue weighted by molar-refractivity contribution is -0.174. The summed E-state index contributed by atoms with van der Waals surface area (Å²) in [6, 6.07) is 0. The van der Waals surface area contributed by atoms with E-state index in [2.05, 4.69) is 6.92 Å². The van der Waals surface area contributed by atoms with Gasteiger partial charge in [0.05, 0.1) is 0 Å². The molecule has 0 fully saturated rings. The lowest BCUT2D eigenvalue weighted by Crippen LogP contribution is -2.44. The molecule has 0 saturated heterocycles. The topological polar surface area (TPSA) is 63.6 Å². The lowest BCUT2D eigenvalue weighted by atomic mass is 9.74. The van der Waals surface area contributed by atoms with Gasteiger partial charge >= 0.3 is 11.9 Å². The molecule has 1 N–H and O–H groups in total. The number of rotatable bonds is 6. The molecule has 1 unspecified atom stereocenters. The monoisotopic (exact) mass is 244 g/mol. The average Bonchev–Trinajstić information content (AvgIpc) is 2.11. The van der Waals surface area contributed by atoms with Crippen LogP contribution in [-0.2, 0) is 14.3 Å². The maximum Gasteiger partial charge on any atom is 0.317 e. The number of carbonyl (C=O) groups excluding carboxylic acids is 1. The zero-order chi connectivity index (χ0) is 13.7. The van der Waals surface area contributed by atoms with E-state index in [1.54, 1.807) is 0 Å². The number of carboxylic acid groups (broad SMARTS) is 1. The second-order valence-electron chi connectivity index (χ2n) is 5.63. The summed E-state index contributed by atoms with van der Waals surface area (Å²) in [6.45, 7) is 9.94. The molecule has 100 valence electrons. The first kappa shape index (κ1) is 15.9. The van der Waals surface area contributed by atoms with Crippen molar-refractivity contribution in [1.29, 1.82) is 0 Å². The van der Waals surface area contributed by atoms with E-state index < -0.39 is 24.0 Å². The van der Waals surface area contributed by atoms with Crippen LogP contribution in [0.1, 0.15) is 60.3 Å². The number of ether oxygens (including phenoxy) is 1. The average molecular weight is 244 g/mol. The van der Waals surface area contributed by atoms with Gasteiger partial charge in [-0.15, -0.1) is 0 Å². The molecular formula is C13H24O4. The zero-order valence-electron chi connectivity index (χ0n) is 11.5. The summed E-state index contributed by atoms with van der Waals surface area (Å²) < 4.78 is 5.40. The van der Waals surface area contributed by atoms with E-state index in [4.69, 9.17) is 9.84 Å². The Morgan fingerprint density at radius 2 is 1.71 bits per heavy atom. The number of hydrogen-bond donors (Lipinski definition) is 1. The summed E-state index contributed by atoms with van der Waals surface area (Å²) >= 11 is 0. The third-order valence-electron chi connectivity index (χ3n) is 3.23. The van der Waals surface area contributed by atoms with Crippen molar-refractivity contribution in [2.45, 2.75) is 65.9 Å². The van der Waals surface area contributed by atoms with Gasteiger partial charge in [-0.2, -0.15) is 0 Å². The first-order chi connectivity index (χ1) is 7.62. The first-order valence-corrected chi connectivity index (χ1v) is 6.06. The Balaban J connectivity index is 4.70. The van der Waals surface area contributed by atoms with Gasteiger partial charge in [0, 0.05) is 5.41 Å². The minimum absolute atomic E-state index is 0.212. The predicted octanol–water partition coefficient (Wildman–Crippen LogP) is 3.00. The van der Waals surface area contributed by atoms with Crippen molar-refractivity contribution in [2.24, 2.45) is 5.41 Å². The molecule has 4 nitrogen and oxygen atoms in total. The van der Waals surface area contributed by atoms with Crippen molar-refractivity contribution in [3.05, 3.63) is 0 Å². The molecule has 0 heterocycles. The molecule has 0 aliphatic carbocycles. The van der Waals surface area contributed by atoms with Gasteiger partial charge in [0.15, 0.2) is 0 Å². The fourth-order valence-electron chi connectivity index (χ4n) is 1.50. The third-order valence-corrected chi connectivity index (χ3v) is 3.23. The number of unbranched alkanes of at least 4 members (excludes halogenated alkanes) is 1. The molecule has 0 radical (unpaired) electrons. The van der Waals surface area contributed by atoms with Crippen molar-refractivity contribution in [1.82, 2.24) is 0 Å². The predicted molar refractivity (Wildman–Crippen MR) is 65.7 cm³/mol. The van der Waals surface area contributed by atoms with E-state index in [1.807, 2.05) is 27.7 Å². The summed E-state index contributed by atoms with van der Waals surface area (Å²) in [4.78, 5) is 21.9. The molecule has 0 spiro atoms. The number of carbonyl (C=O) groups is 2. The highest BCUT2D eigenvalue weighted by atomic mass is 16.6. The highest BCUT2D eigenvalue weighted by Crippen LogP contribution is 2.38. The number of aliphatic carboxylic acids is 1. The maximum absolute atomic E-state index is 11.5. The van der Waals surface area contributed by atoms with E-state index in [-0.39, 0.29) is 5.41 Å². The molecular weight excluding hydrogens is 220 g/mol. The fourth-order valence-corrected chi connectivity index (χ4v) is 1.50. The molecule has 4 heteroatoms. The van der Waals surface area contributed by atoms with Crippen LogP contribution in [0.3, 0.4) is 0 Å². The van der Waals surface area contributed by atoms with Crippen LogP contribution in [-0.4, -0.2) is 22.6 Å². The van der Waals surface area contributed by atoms with Gasteiger partial charge in [-0.25, -0.2) is 0 Å². The third kappa shape index (κ3) is 5.20. The Kier molecular flexibility index (Phi) is 5.66. The van der Waals surface area contributed by atoms with Gasteiger partial charge in [0.25, 0.3) is 0 Å². The van der Waals surface area contributed by atoms with E-state index in [1.165, 1.54) is 0 Å². The van der Waals surface area contributed by atoms with Gasteiger partial charge in [0.2, 0.25) is 0 Å². The molecule has 0 amide bonds. The normalized spacial score (nSPS) is 15.1. The maximum atomic E-state index is 11.5. The Hall–Kier alpha value is -1.06. The molecule has 0 aliphatic heterocycles. The largest absolute Gasteiger partial charge is 0.481 e. The minimum Gasteiger partial charge on any atom is -0.481 e. The van der Waals surface area contributed by atoms with Crippen LogP contribution in [0.25, 0.3) is 0 Å². The van der Waals surface area contributed by atoms with Crippen molar-refractivity contribution in [3.63, 3.8) is 0 Å². The van der Waals surface area contributed by atoms with Crippen LogP contribution >= 0.6 is 0 Å². The minimum atomic E-state index is -1.15. The van der Waals surface area contributed by atoms with Crippen molar-refractivity contribution >= 4 is 11.9 Å². The van der Waals surface area contributed by atoms with Gasteiger partial charge in [-0.05, 0) is 19.8 Å². The van der Waals surface area contributed by atoms with Crippen LogP contribution in [0.15, 0.2) is 0 Å². The molecule has 0 aromatic carbocycles. The van der Waals surface area contributed by atoms with Crippen molar-refractivity contribution in [2.75, 3.05) is 0 Å². The van der Waals surface area contributed by atoms with Crippen LogP contribution < -0.4 is 0 Å². The van der Waals surface area contributed by atoms with Gasteiger partial charge in [0.1, 0.15) is 12.0 Å². The quantitative estimate of drug-likeness (QED) is 0.576. The Bertz CT molecular complexity index is 278. The molecule has 0 bridgehead atoms. The highest BCUT2D eigenvalue weighted by molar-refractivity contribution is 5.90. The van der Waals surface area contributed by atoms with Crippen LogP contribution in [0.4, 0.5) is 0 Å². The lowest BCUT2D eigenvalue weighted by Gasteiger charge is -2.41. The fraction of sp³-hybridized carbons (Fsp3) is 0.846. The number of esters is 1. The number of carboxylic acids is 1. The van der Waals surface area contributed by atoms with E-state index in [9.17, 15) is 9.59 Å². The molecule has 1 atom stereocenters. The smallest absolute Gasteiger partial charge is 0.317 e. The van der Waals surface area contributed by atoms with Crippen LogP contribution in [0, 0.1) is 5.41 Å². The Morgan fingerprint density at radius 1 is 1.18 bits per heavy atom. The number of hydrogen-bond acceptors (Lipinski definition) is 3. The van der Waals surface area contributed by atoms with Crippen molar-refractivity contribution in [3.8, 4) is 0 Å². The van der Waals surface area contributed by atoms with Gasteiger partial charge in [-0.1, -0.05) is 34.1 Å². The van der Waals surface area contributed by atoms with Gasteiger partial charge in [-0.3, -0.25) is 9.59 Å². The molecule has 0 aliphatic rings. The standard InChI is InChI=1S/C13H24O4/c1-6-7-8-13(5,12(2,3)4)17-11(16)9-10(14)15/h6-9H2,1-5H3,(H,14,15). The zero-order valence-corrected chi connectivity index (χ0v) is 11.5.